The maximum absolute atomic E-state index is 14.6. The number of pyridine rings is 3. The summed E-state index contributed by atoms with van der Waals surface area (Å²) >= 11 is 0. The second kappa shape index (κ2) is 9.68. The molecule has 0 aliphatic carbocycles. The molecule has 0 atom stereocenters. The van der Waals surface area contributed by atoms with Crippen molar-refractivity contribution in [2.75, 3.05) is 27.2 Å². The van der Waals surface area contributed by atoms with E-state index in [9.17, 15) is 4.39 Å². The Labute approximate surface area is 218 Å². The SMILES string of the molecule is Cc1ccncc1-c1ccc2[nH]nc(-c3cc4c(-c5cc(F)cc(OCCN(C)C)c5)nccc4[nH]3)c2n1. The van der Waals surface area contributed by atoms with Gasteiger partial charge in [0.1, 0.15) is 29.4 Å². The molecule has 0 amide bonds. The monoisotopic (exact) mass is 507 g/mol. The van der Waals surface area contributed by atoms with Gasteiger partial charge in [-0.15, -0.1) is 0 Å². The predicted molar refractivity (Wildman–Crippen MR) is 146 cm³/mol. The number of hydrogen-bond donors (Lipinski definition) is 2. The first-order chi connectivity index (χ1) is 18.5. The van der Waals surface area contributed by atoms with Gasteiger partial charge in [0.25, 0.3) is 0 Å². The Kier molecular flexibility index (Phi) is 6.05. The number of likely N-dealkylation sites (N-methyl/N-ethyl adjacent to an activating group) is 1. The minimum Gasteiger partial charge on any atom is -0.492 e. The van der Waals surface area contributed by atoms with Crippen molar-refractivity contribution in [1.82, 2.24) is 35.0 Å². The molecule has 6 rings (SSSR count). The molecule has 8 nitrogen and oxygen atoms in total. The van der Waals surface area contributed by atoms with Crippen LogP contribution >= 0.6 is 0 Å². The highest BCUT2D eigenvalue weighted by Crippen LogP contribution is 2.34. The van der Waals surface area contributed by atoms with E-state index in [1.165, 1.54) is 12.1 Å². The molecular formula is C29H26FN7O. The fourth-order valence-corrected chi connectivity index (χ4v) is 4.51. The summed E-state index contributed by atoms with van der Waals surface area (Å²) in [5, 5.41) is 8.49. The van der Waals surface area contributed by atoms with E-state index in [1.807, 2.05) is 68.5 Å². The first kappa shape index (κ1) is 23.7. The number of halogens is 1. The topological polar surface area (TPSA) is 95.6 Å². The van der Waals surface area contributed by atoms with Crippen LogP contribution in [0.25, 0.3) is 55.8 Å². The minimum atomic E-state index is -0.377. The molecule has 0 bridgehead atoms. The third-order valence-electron chi connectivity index (χ3n) is 6.48. The van der Waals surface area contributed by atoms with Crippen molar-refractivity contribution >= 4 is 21.9 Å². The quantitative estimate of drug-likeness (QED) is 0.291. The summed E-state index contributed by atoms with van der Waals surface area (Å²) in [6.45, 7) is 3.23. The lowest BCUT2D eigenvalue weighted by Gasteiger charge is -2.12. The van der Waals surface area contributed by atoms with Gasteiger partial charge < -0.3 is 14.6 Å². The van der Waals surface area contributed by atoms with E-state index in [0.29, 0.717) is 29.3 Å². The van der Waals surface area contributed by atoms with Crippen LogP contribution in [-0.4, -0.2) is 62.3 Å². The first-order valence-electron chi connectivity index (χ1n) is 12.3. The lowest BCUT2D eigenvalue weighted by atomic mass is 10.1. The normalized spacial score (nSPS) is 11.6. The molecule has 190 valence electrons. The molecule has 0 aliphatic rings. The van der Waals surface area contributed by atoms with Crippen molar-refractivity contribution in [1.29, 1.82) is 0 Å². The van der Waals surface area contributed by atoms with Gasteiger partial charge in [0.15, 0.2) is 0 Å². The van der Waals surface area contributed by atoms with Gasteiger partial charge in [-0.1, -0.05) is 0 Å². The predicted octanol–water partition coefficient (Wildman–Crippen LogP) is 5.62. The summed E-state index contributed by atoms with van der Waals surface area (Å²) in [5.74, 6) is 0.0924. The summed E-state index contributed by atoms with van der Waals surface area (Å²) < 4.78 is 20.4. The number of ether oxygens (including phenoxy) is 1. The smallest absolute Gasteiger partial charge is 0.135 e. The van der Waals surface area contributed by atoms with E-state index in [0.717, 1.165) is 51.0 Å². The fourth-order valence-electron chi connectivity index (χ4n) is 4.51. The fraction of sp³-hybridized carbons (Fsp3) is 0.172. The standard InChI is InChI=1S/C29H26FN7O/c1-17-6-8-31-16-22(17)23-4-5-25-28(34-23)29(36-35-25)26-15-21-24(33-26)7-9-32-27(21)18-12-19(30)14-20(13-18)38-11-10-37(2)3/h4-9,12-16,33H,10-11H2,1-3H3,(H,35,36). The van der Waals surface area contributed by atoms with Crippen LogP contribution in [0.2, 0.25) is 0 Å². The van der Waals surface area contributed by atoms with Gasteiger partial charge in [-0.2, -0.15) is 5.10 Å². The number of nitrogens with zero attached hydrogens (tertiary/aromatic N) is 5. The summed E-state index contributed by atoms with van der Waals surface area (Å²) in [5.41, 5.74) is 8.09. The molecule has 0 radical (unpaired) electrons. The van der Waals surface area contributed by atoms with Crippen molar-refractivity contribution in [2.24, 2.45) is 0 Å². The zero-order valence-electron chi connectivity index (χ0n) is 21.3. The van der Waals surface area contributed by atoms with Crippen molar-refractivity contribution in [3.8, 4) is 39.7 Å². The molecule has 0 aliphatic heterocycles. The first-order valence-corrected chi connectivity index (χ1v) is 12.3. The molecule has 5 heterocycles. The molecule has 38 heavy (non-hydrogen) atoms. The number of hydrogen-bond acceptors (Lipinski definition) is 6. The third-order valence-corrected chi connectivity index (χ3v) is 6.48. The van der Waals surface area contributed by atoms with Gasteiger partial charge in [-0.05, 0) is 69.0 Å². The van der Waals surface area contributed by atoms with Gasteiger partial charge >= 0.3 is 0 Å². The Balaban J connectivity index is 1.41. The zero-order chi connectivity index (χ0) is 26.2. The third kappa shape index (κ3) is 4.48. The maximum Gasteiger partial charge on any atom is 0.135 e. The molecule has 9 heteroatoms. The van der Waals surface area contributed by atoms with Crippen LogP contribution in [0, 0.1) is 12.7 Å². The second-order valence-electron chi connectivity index (χ2n) is 9.49. The molecule has 2 N–H and O–H groups in total. The molecular weight excluding hydrogens is 481 g/mol. The maximum atomic E-state index is 14.6. The number of aryl methyl sites for hydroxylation is 1. The van der Waals surface area contributed by atoms with Gasteiger partial charge in [0.05, 0.1) is 22.6 Å². The van der Waals surface area contributed by atoms with Crippen LogP contribution in [0.5, 0.6) is 5.75 Å². The highest BCUT2D eigenvalue weighted by atomic mass is 19.1. The lowest BCUT2D eigenvalue weighted by Crippen LogP contribution is -2.19. The Bertz CT molecular complexity index is 1770. The molecule has 0 spiro atoms. The number of benzene rings is 1. The summed E-state index contributed by atoms with van der Waals surface area (Å²) in [6.07, 6.45) is 5.30. The van der Waals surface area contributed by atoms with Crippen LogP contribution in [-0.2, 0) is 0 Å². The van der Waals surface area contributed by atoms with Gasteiger partial charge in [-0.25, -0.2) is 9.37 Å². The molecule has 0 unspecified atom stereocenters. The summed E-state index contributed by atoms with van der Waals surface area (Å²) in [4.78, 5) is 19.2. The van der Waals surface area contributed by atoms with Crippen molar-refractivity contribution in [3.05, 3.63) is 78.5 Å². The molecule has 0 saturated carbocycles. The average Bonchev–Trinajstić information content (AvgIpc) is 3.52. The average molecular weight is 508 g/mol. The second-order valence-corrected chi connectivity index (χ2v) is 9.49. The summed E-state index contributed by atoms with van der Waals surface area (Å²) in [7, 11) is 3.93. The van der Waals surface area contributed by atoms with Gasteiger partial charge in [0.2, 0.25) is 0 Å². The van der Waals surface area contributed by atoms with E-state index in [2.05, 4.69) is 25.1 Å². The minimum absolute atomic E-state index is 0.377. The van der Waals surface area contributed by atoms with Crippen molar-refractivity contribution < 1.29 is 9.13 Å². The summed E-state index contributed by atoms with van der Waals surface area (Å²) in [6, 6.07) is 14.5. The van der Waals surface area contributed by atoms with E-state index in [1.54, 1.807) is 12.4 Å². The van der Waals surface area contributed by atoms with E-state index < -0.39 is 0 Å². The molecule has 0 fully saturated rings. The largest absolute Gasteiger partial charge is 0.492 e. The Morgan fingerprint density at radius 1 is 0.974 bits per heavy atom. The van der Waals surface area contributed by atoms with Crippen molar-refractivity contribution in [2.45, 2.75) is 6.92 Å². The van der Waals surface area contributed by atoms with Crippen molar-refractivity contribution in [3.63, 3.8) is 0 Å². The highest BCUT2D eigenvalue weighted by Gasteiger charge is 2.17. The molecule has 0 saturated heterocycles. The van der Waals surface area contributed by atoms with Gasteiger partial charge in [0, 0.05) is 53.2 Å². The number of H-pyrrole nitrogens is 2. The molecule has 1 aromatic carbocycles. The van der Waals surface area contributed by atoms with Crippen LogP contribution in [0.15, 0.2) is 67.1 Å². The van der Waals surface area contributed by atoms with E-state index in [4.69, 9.17) is 9.72 Å². The van der Waals surface area contributed by atoms with Crippen LogP contribution in [0.4, 0.5) is 4.39 Å². The van der Waals surface area contributed by atoms with Crippen LogP contribution in [0.1, 0.15) is 5.56 Å². The number of rotatable bonds is 7. The molecule has 5 aromatic heterocycles. The van der Waals surface area contributed by atoms with Crippen LogP contribution < -0.4 is 4.74 Å². The lowest BCUT2D eigenvalue weighted by molar-refractivity contribution is 0.260. The zero-order valence-corrected chi connectivity index (χ0v) is 21.3. The van der Waals surface area contributed by atoms with E-state index in [-0.39, 0.29) is 5.82 Å². The Morgan fingerprint density at radius 3 is 2.71 bits per heavy atom. The highest BCUT2D eigenvalue weighted by molar-refractivity contribution is 5.99. The van der Waals surface area contributed by atoms with Crippen LogP contribution in [0.3, 0.4) is 0 Å². The number of fused-ring (bicyclic) bond motifs is 2. The molecule has 6 aromatic rings. The number of aromatic nitrogens is 6. The van der Waals surface area contributed by atoms with Gasteiger partial charge in [-0.3, -0.25) is 15.1 Å². The Morgan fingerprint density at radius 2 is 1.87 bits per heavy atom. The van der Waals surface area contributed by atoms with E-state index >= 15 is 0 Å². The Hall–Kier alpha value is -4.63. The number of nitrogens with one attached hydrogen (secondary N) is 2. The number of aromatic amines is 2.